The molecular formula is C23H23ClF3N3O4. The smallest absolute Gasteiger partial charge is 0.432 e. The summed E-state index contributed by atoms with van der Waals surface area (Å²) in [6, 6.07) is 6.08. The second-order valence-corrected chi connectivity index (χ2v) is 8.42. The molecule has 7 nitrogen and oxygen atoms in total. The maximum Gasteiger partial charge on any atom is 0.432 e. The molecule has 0 aromatic heterocycles. The maximum absolute atomic E-state index is 13.7. The van der Waals surface area contributed by atoms with E-state index in [1.54, 1.807) is 19.1 Å². The first-order valence-corrected chi connectivity index (χ1v) is 10.7. The second kappa shape index (κ2) is 9.54. The molecule has 1 heterocycles. The van der Waals surface area contributed by atoms with Crippen LogP contribution in [-0.2, 0) is 9.59 Å². The number of nitrogens with one attached hydrogen (secondary N) is 1. The Morgan fingerprint density at radius 2 is 2.03 bits per heavy atom. The van der Waals surface area contributed by atoms with Crippen LogP contribution in [0.3, 0.4) is 0 Å². The Morgan fingerprint density at radius 1 is 1.35 bits per heavy atom. The maximum atomic E-state index is 13.7. The van der Waals surface area contributed by atoms with Gasteiger partial charge in [0.1, 0.15) is 11.7 Å². The number of hydrazone groups is 1. The van der Waals surface area contributed by atoms with Gasteiger partial charge in [-0.05, 0) is 49.6 Å². The molecule has 0 saturated heterocycles. The fourth-order valence-corrected chi connectivity index (χ4v) is 3.74. The molecule has 1 aliphatic carbocycles. The molecule has 1 aromatic carbocycles. The molecular weight excluding hydrogens is 475 g/mol. The molecule has 0 bridgehead atoms. The van der Waals surface area contributed by atoms with E-state index in [0.29, 0.717) is 23.4 Å². The molecule has 0 spiro atoms. The summed E-state index contributed by atoms with van der Waals surface area (Å²) in [6.07, 6.45) is -1.18. The largest absolute Gasteiger partial charge is 0.478 e. The number of amides is 1. The molecule has 1 saturated carbocycles. The van der Waals surface area contributed by atoms with Crippen LogP contribution in [0.15, 0.2) is 65.3 Å². The first-order chi connectivity index (χ1) is 15.9. The van der Waals surface area contributed by atoms with Crippen LogP contribution in [0.2, 0.25) is 5.02 Å². The fraction of sp³-hybridized carbons (Fsp3) is 0.348. The number of halogens is 4. The number of rotatable bonds is 8. The van der Waals surface area contributed by atoms with E-state index in [1.165, 1.54) is 37.4 Å². The van der Waals surface area contributed by atoms with Crippen molar-refractivity contribution in [3.8, 4) is 5.75 Å². The van der Waals surface area contributed by atoms with E-state index < -0.39 is 41.4 Å². The zero-order valence-corrected chi connectivity index (χ0v) is 19.2. The molecule has 2 atom stereocenters. The summed E-state index contributed by atoms with van der Waals surface area (Å²) < 4.78 is 46.9. The third-order valence-corrected chi connectivity index (χ3v) is 5.82. The second-order valence-electron chi connectivity index (χ2n) is 7.98. The Hall–Kier alpha value is -3.27. The van der Waals surface area contributed by atoms with E-state index in [4.69, 9.17) is 21.4 Å². The van der Waals surface area contributed by atoms with E-state index >= 15 is 0 Å². The number of nitrogens with zero attached hydrogens (tertiary/aromatic N) is 2. The molecule has 2 aliphatic rings. The van der Waals surface area contributed by atoms with Crippen LogP contribution in [-0.4, -0.2) is 52.7 Å². The summed E-state index contributed by atoms with van der Waals surface area (Å²) in [6.45, 7) is 5.44. The number of allylic oxidation sites excluding steroid dienone is 1. The van der Waals surface area contributed by atoms with E-state index in [1.807, 2.05) is 0 Å². The minimum absolute atomic E-state index is 0.0159. The molecule has 1 aromatic rings. The van der Waals surface area contributed by atoms with Crippen LogP contribution in [0, 0.1) is 5.92 Å². The van der Waals surface area contributed by atoms with Crippen molar-refractivity contribution in [3.05, 3.63) is 65.2 Å². The quantitative estimate of drug-likeness (QED) is 0.412. The van der Waals surface area contributed by atoms with E-state index in [0.717, 1.165) is 5.01 Å². The van der Waals surface area contributed by atoms with Gasteiger partial charge in [-0.15, -0.1) is 0 Å². The molecule has 1 fully saturated rings. The third kappa shape index (κ3) is 5.44. The van der Waals surface area contributed by atoms with Gasteiger partial charge in [0.05, 0.1) is 11.1 Å². The van der Waals surface area contributed by atoms with Gasteiger partial charge >= 0.3 is 12.1 Å². The number of carbonyl (C=O) groups excluding carboxylic acids is 1. The molecule has 34 heavy (non-hydrogen) atoms. The first kappa shape index (κ1) is 25.4. The van der Waals surface area contributed by atoms with Crippen molar-refractivity contribution in [2.75, 3.05) is 7.05 Å². The van der Waals surface area contributed by atoms with Gasteiger partial charge < -0.3 is 15.2 Å². The average molecular weight is 498 g/mol. The minimum atomic E-state index is -4.86. The Bertz CT molecular complexity index is 1090. The van der Waals surface area contributed by atoms with Gasteiger partial charge in [-0.3, -0.25) is 9.80 Å². The van der Waals surface area contributed by atoms with E-state index in [2.05, 4.69) is 17.0 Å². The average Bonchev–Trinajstić information content (AvgIpc) is 3.44. The number of aliphatic carboxylic acids is 1. The summed E-state index contributed by atoms with van der Waals surface area (Å²) in [5.74, 6) is -3.66. The normalized spacial score (nSPS) is 21.9. The summed E-state index contributed by atoms with van der Waals surface area (Å²) in [5.41, 5.74) is -1.85. The molecule has 11 heteroatoms. The number of ether oxygens (including phenoxy) is 1. The van der Waals surface area contributed by atoms with Crippen molar-refractivity contribution in [3.63, 3.8) is 0 Å². The summed E-state index contributed by atoms with van der Waals surface area (Å²) in [7, 11) is 1.29. The van der Waals surface area contributed by atoms with Crippen molar-refractivity contribution >= 4 is 29.2 Å². The molecule has 0 radical (unpaired) electrons. The minimum Gasteiger partial charge on any atom is -0.478 e. The summed E-state index contributed by atoms with van der Waals surface area (Å²) >= 11 is 5.94. The SMILES string of the molecule is C=C(C=CC(=CC)C(=O)O)C1(NC(=O)C2C(C(F)(F)F)=NN(C)C2Oc2cccc(Cl)c2)CC1. The number of hydrogen-bond donors (Lipinski definition) is 2. The van der Waals surface area contributed by atoms with Crippen LogP contribution in [0.4, 0.5) is 13.2 Å². The topological polar surface area (TPSA) is 91.2 Å². The number of hydrogen-bond acceptors (Lipinski definition) is 5. The van der Waals surface area contributed by atoms with Crippen LogP contribution < -0.4 is 10.1 Å². The summed E-state index contributed by atoms with van der Waals surface area (Å²) in [4.78, 5) is 24.3. The predicted octanol–water partition coefficient (Wildman–Crippen LogP) is 4.32. The highest BCUT2D eigenvalue weighted by molar-refractivity contribution is 6.30. The lowest BCUT2D eigenvalue weighted by molar-refractivity contribution is -0.132. The Labute approximate surface area is 199 Å². The number of benzene rings is 1. The van der Waals surface area contributed by atoms with E-state index in [9.17, 15) is 22.8 Å². The van der Waals surface area contributed by atoms with Crippen molar-refractivity contribution < 1.29 is 32.6 Å². The number of carboxylic acids is 1. The fourth-order valence-electron chi connectivity index (χ4n) is 3.56. The standard InChI is InChI=1S/C23H23ClF3N3O4/c1-4-14(21(32)33)9-8-13(2)22(10-11-22)28-19(31)17-18(23(25,26)27)29-30(3)20(17)34-16-7-5-6-15(24)12-16/h4-9,12,17,20H,2,10-11H2,1,3H3,(H,28,31)(H,32,33). The predicted molar refractivity (Wildman–Crippen MR) is 120 cm³/mol. The third-order valence-electron chi connectivity index (χ3n) is 5.59. The number of alkyl halides is 3. The van der Waals surface area contributed by atoms with Gasteiger partial charge in [-0.2, -0.15) is 18.3 Å². The van der Waals surface area contributed by atoms with Crippen LogP contribution in [0.1, 0.15) is 19.8 Å². The lowest BCUT2D eigenvalue weighted by Gasteiger charge is -2.28. The van der Waals surface area contributed by atoms with Gasteiger partial charge in [0.25, 0.3) is 0 Å². The molecule has 2 unspecified atom stereocenters. The zero-order chi connectivity index (χ0) is 25.3. The van der Waals surface area contributed by atoms with Crippen molar-refractivity contribution in [1.82, 2.24) is 10.3 Å². The lowest BCUT2D eigenvalue weighted by atomic mass is 9.98. The lowest BCUT2D eigenvalue weighted by Crippen LogP contribution is -2.51. The molecule has 182 valence electrons. The zero-order valence-electron chi connectivity index (χ0n) is 18.4. The summed E-state index contributed by atoms with van der Waals surface area (Å²) in [5, 5.41) is 16.6. The van der Waals surface area contributed by atoms with Gasteiger partial charge in [0.15, 0.2) is 5.71 Å². The number of carbonyl (C=O) groups is 2. The van der Waals surface area contributed by atoms with Gasteiger partial charge in [-0.1, -0.05) is 36.4 Å². The highest BCUT2D eigenvalue weighted by atomic mass is 35.5. The van der Waals surface area contributed by atoms with Crippen LogP contribution in [0.25, 0.3) is 0 Å². The van der Waals surface area contributed by atoms with Gasteiger partial charge in [0, 0.05) is 12.1 Å². The van der Waals surface area contributed by atoms with Gasteiger partial charge in [0.2, 0.25) is 12.1 Å². The van der Waals surface area contributed by atoms with Gasteiger partial charge in [-0.25, -0.2) is 4.79 Å². The molecule has 2 N–H and O–H groups in total. The first-order valence-electron chi connectivity index (χ1n) is 10.3. The molecule has 1 aliphatic heterocycles. The molecule has 3 rings (SSSR count). The van der Waals surface area contributed by atoms with Crippen molar-refractivity contribution in [2.24, 2.45) is 11.0 Å². The highest BCUT2D eigenvalue weighted by Crippen LogP contribution is 2.43. The molecule has 1 amide bonds. The monoisotopic (exact) mass is 497 g/mol. The Morgan fingerprint density at radius 3 is 2.56 bits per heavy atom. The van der Waals surface area contributed by atoms with Crippen molar-refractivity contribution in [2.45, 2.75) is 37.7 Å². The van der Waals surface area contributed by atoms with Crippen LogP contribution in [0.5, 0.6) is 5.75 Å². The number of carboxylic acid groups (broad SMARTS) is 1. The Balaban J connectivity index is 1.84. The Kier molecular flexibility index (Phi) is 7.11. The van der Waals surface area contributed by atoms with E-state index in [-0.39, 0.29) is 11.3 Å². The van der Waals surface area contributed by atoms with Crippen molar-refractivity contribution in [1.29, 1.82) is 0 Å². The highest BCUT2D eigenvalue weighted by Gasteiger charge is 2.56. The van der Waals surface area contributed by atoms with Crippen LogP contribution >= 0.6 is 11.6 Å².